The van der Waals surface area contributed by atoms with Crippen LogP contribution in [0, 0.1) is 11.3 Å². The Bertz CT molecular complexity index is 1110. The number of hydrogen-bond acceptors (Lipinski definition) is 3. The lowest BCUT2D eigenvalue weighted by molar-refractivity contribution is -0.118. The zero-order valence-electron chi connectivity index (χ0n) is 15.8. The maximum Gasteiger partial charge on any atom is 0.173 e. The highest BCUT2D eigenvalue weighted by atomic mass is 35.5. The lowest BCUT2D eigenvalue weighted by Crippen LogP contribution is -2.37. The molecule has 5 rings (SSSR count). The molecule has 0 amide bonds. The molecule has 0 N–H and O–H groups in total. The molecule has 0 saturated heterocycles. The summed E-state index contributed by atoms with van der Waals surface area (Å²) >= 11 is 6.56. The summed E-state index contributed by atoms with van der Waals surface area (Å²) in [6.07, 6.45) is 1.19. The van der Waals surface area contributed by atoms with E-state index >= 15 is 0 Å². The molecule has 0 radical (unpaired) electrons. The van der Waals surface area contributed by atoms with Crippen LogP contribution in [0.5, 0.6) is 0 Å². The summed E-state index contributed by atoms with van der Waals surface area (Å²) in [7, 11) is 0. The van der Waals surface area contributed by atoms with E-state index < -0.39 is 5.92 Å². The van der Waals surface area contributed by atoms with Crippen LogP contribution < -0.4 is 0 Å². The topological polar surface area (TPSA) is 46.5 Å². The lowest BCUT2D eigenvalue weighted by Gasteiger charge is -2.38. The number of allylic oxidation sites excluding steroid dienone is 2. The van der Waals surface area contributed by atoms with Gasteiger partial charge in [0.1, 0.15) is 0 Å². The van der Waals surface area contributed by atoms with Crippen molar-refractivity contribution in [2.24, 2.45) is 16.3 Å². The molecule has 0 unspecified atom stereocenters. The van der Waals surface area contributed by atoms with Crippen LogP contribution in [0.2, 0.25) is 5.02 Å². The highest BCUT2D eigenvalue weighted by Gasteiger charge is 2.50. The summed E-state index contributed by atoms with van der Waals surface area (Å²) in [4.78, 5) is 31.5. The van der Waals surface area contributed by atoms with E-state index in [4.69, 9.17) is 16.6 Å². The average molecular weight is 390 g/mol. The predicted octanol–water partition coefficient (Wildman–Crippen LogP) is 5.38. The Morgan fingerprint density at radius 1 is 0.929 bits per heavy atom. The quantitative estimate of drug-likeness (QED) is 0.657. The minimum absolute atomic E-state index is 0.0310. The average Bonchev–Trinajstić information content (AvgIpc) is 2.92. The van der Waals surface area contributed by atoms with Crippen molar-refractivity contribution in [2.45, 2.75) is 32.6 Å². The molecule has 140 valence electrons. The number of carbonyl (C=O) groups is 2. The van der Waals surface area contributed by atoms with Crippen molar-refractivity contribution in [3.8, 4) is 0 Å². The van der Waals surface area contributed by atoms with Crippen LogP contribution in [-0.2, 0) is 4.79 Å². The monoisotopic (exact) mass is 389 g/mol. The maximum absolute atomic E-state index is 13.4. The fourth-order valence-electron chi connectivity index (χ4n) is 4.95. The molecular weight excluding hydrogens is 370 g/mol. The Morgan fingerprint density at radius 3 is 2.36 bits per heavy atom. The van der Waals surface area contributed by atoms with Gasteiger partial charge in [-0.15, -0.1) is 0 Å². The van der Waals surface area contributed by atoms with E-state index in [9.17, 15) is 9.59 Å². The van der Waals surface area contributed by atoms with Gasteiger partial charge in [0, 0.05) is 39.8 Å². The summed E-state index contributed by atoms with van der Waals surface area (Å²) < 4.78 is 0. The first kappa shape index (κ1) is 17.6. The molecule has 2 aromatic carbocycles. The van der Waals surface area contributed by atoms with E-state index in [0.29, 0.717) is 22.6 Å². The van der Waals surface area contributed by atoms with Gasteiger partial charge in [-0.1, -0.05) is 67.9 Å². The lowest BCUT2D eigenvalue weighted by atomic mass is 9.66. The molecule has 1 aliphatic heterocycles. The number of aliphatic imine (C=N–C) groups is 1. The van der Waals surface area contributed by atoms with Gasteiger partial charge in [0.25, 0.3) is 0 Å². The number of nitrogens with zero attached hydrogens (tertiary/aromatic N) is 1. The molecule has 0 fully saturated rings. The first-order chi connectivity index (χ1) is 13.4. The molecule has 2 atom stereocenters. The fraction of sp³-hybridized carbons (Fsp3) is 0.292. The zero-order valence-corrected chi connectivity index (χ0v) is 16.6. The number of benzene rings is 2. The van der Waals surface area contributed by atoms with E-state index in [1.165, 1.54) is 0 Å². The summed E-state index contributed by atoms with van der Waals surface area (Å²) in [5, 5.41) is 0.585. The second kappa shape index (κ2) is 5.99. The molecule has 0 bridgehead atoms. The number of carbonyl (C=O) groups excluding carboxylic acids is 2. The van der Waals surface area contributed by atoms with Gasteiger partial charge in [-0.25, -0.2) is 0 Å². The third-order valence-corrected chi connectivity index (χ3v) is 6.43. The molecule has 3 nitrogen and oxygen atoms in total. The van der Waals surface area contributed by atoms with Crippen LogP contribution in [0.3, 0.4) is 0 Å². The summed E-state index contributed by atoms with van der Waals surface area (Å²) in [5.74, 6) is -0.743. The summed E-state index contributed by atoms with van der Waals surface area (Å²) in [5.41, 5.74) is 4.56. The molecular formula is C24H20ClNO2. The van der Waals surface area contributed by atoms with Gasteiger partial charge in [0.05, 0.1) is 11.6 Å². The second-order valence-corrected chi connectivity index (χ2v) is 9.09. The van der Waals surface area contributed by atoms with Crippen molar-refractivity contribution in [1.29, 1.82) is 0 Å². The van der Waals surface area contributed by atoms with Crippen LogP contribution in [0.15, 0.2) is 64.8 Å². The van der Waals surface area contributed by atoms with Crippen molar-refractivity contribution in [3.05, 3.63) is 81.5 Å². The molecule has 2 aliphatic carbocycles. The number of hydrogen-bond donors (Lipinski definition) is 0. The van der Waals surface area contributed by atoms with Crippen molar-refractivity contribution < 1.29 is 9.59 Å². The van der Waals surface area contributed by atoms with Gasteiger partial charge in [-0.05, 0) is 23.5 Å². The van der Waals surface area contributed by atoms with Gasteiger partial charge in [0.2, 0.25) is 0 Å². The maximum atomic E-state index is 13.4. The van der Waals surface area contributed by atoms with E-state index in [0.717, 1.165) is 29.0 Å². The van der Waals surface area contributed by atoms with E-state index in [2.05, 4.69) is 13.8 Å². The Morgan fingerprint density at radius 2 is 1.61 bits per heavy atom. The van der Waals surface area contributed by atoms with Crippen molar-refractivity contribution >= 4 is 28.9 Å². The SMILES string of the molecule is CC1(C)CC(=O)C2=C(C1)N=C1c3ccccc3C(=O)[C@H]1[C@H]2c1ccccc1Cl. The molecule has 2 aromatic rings. The number of rotatable bonds is 1. The van der Waals surface area contributed by atoms with Gasteiger partial charge in [-0.3, -0.25) is 14.6 Å². The summed E-state index contributed by atoms with van der Waals surface area (Å²) in [6, 6.07) is 15.2. The highest BCUT2D eigenvalue weighted by Crippen LogP contribution is 2.52. The molecule has 0 spiro atoms. The Balaban J connectivity index is 1.79. The first-order valence-corrected chi connectivity index (χ1v) is 9.98. The highest BCUT2D eigenvalue weighted by molar-refractivity contribution is 6.33. The molecule has 0 aromatic heterocycles. The van der Waals surface area contributed by atoms with Crippen molar-refractivity contribution in [2.75, 3.05) is 0 Å². The number of halogens is 1. The zero-order chi connectivity index (χ0) is 19.6. The van der Waals surface area contributed by atoms with Gasteiger partial charge < -0.3 is 0 Å². The minimum Gasteiger partial charge on any atom is -0.294 e. The van der Waals surface area contributed by atoms with Crippen molar-refractivity contribution in [3.63, 3.8) is 0 Å². The van der Waals surface area contributed by atoms with Crippen LogP contribution in [0.4, 0.5) is 0 Å². The van der Waals surface area contributed by atoms with Crippen molar-refractivity contribution in [1.82, 2.24) is 0 Å². The minimum atomic E-state index is -0.485. The smallest absolute Gasteiger partial charge is 0.173 e. The Hall–Kier alpha value is -2.52. The number of Topliss-reactive ketones (excluding diaryl/α,β-unsaturated/α-hetero) is 2. The largest absolute Gasteiger partial charge is 0.294 e. The summed E-state index contributed by atoms with van der Waals surface area (Å²) in [6.45, 7) is 4.19. The van der Waals surface area contributed by atoms with E-state index in [-0.39, 0.29) is 22.9 Å². The number of fused-ring (bicyclic) bond motifs is 3. The third-order valence-electron chi connectivity index (χ3n) is 6.08. The van der Waals surface area contributed by atoms with Crippen LogP contribution in [0.1, 0.15) is 54.1 Å². The molecule has 4 heteroatoms. The van der Waals surface area contributed by atoms with E-state index in [1.807, 2.05) is 48.5 Å². The Labute approximate surface area is 169 Å². The van der Waals surface area contributed by atoms with Gasteiger partial charge >= 0.3 is 0 Å². The molecule has 0 saturated carbocycles. The normalized spacial score (nSPS) is 25.2. The standard InChI is InChI=1S/C24H20ClNO2/c1-24(2)11-17-20(18(27)12-24)19(15-9-5-6-10-16(15)25)21-22(26-17)13-7-3-4-8-14(13)23(21)28/h3-10,19,21H,11-12H2,1-2H3/t19-,21-/m0/s1. The molecule has 28 heavy (non-hydrogen) atoms. The molecule has 3 aliphatic rings. The fourth-order valence-corrected chi connectivity index (χ4v) is 5.20. The Kier molecular flexibility index (Phi) is 3.76. The van der Waals surface area contributed by atoms with Crippen LogP contribution in [-0.4, -0.2) is 17.3 Å². The third kappa shape index (κ3) is 2.46. The number of ketones is 2. The second-order valence-electron chi connectivity index (χ2n) is 8.69. The first-order valence-electron chi connectivity index (χ1n) is 9.60. The van der Waals surface area contributed by atoms with E-state index in [1.54, 1.807) is 0 Å². The van der Waals surface area contributed by atoms with Crippen LogP contribution >= 0.6 is 11.6 Å². The predicted molar refractivity (Wildman–Crippen MR) is 110 cm³/mol. The molecule has 1 heterocycles. The van der Waals surface area contributed by atoms with Crippen LogP contribution in [0.25, 0.3) is 0 Å². The van der Waals surface area contributed by atoms with Gasteiger partial charge in [-0.2, -0.15) is 0 Å². The van der Waals surface area contributed by atoms with Gasteiger partial charge in [0.15, 0.2) is 11.6 Å².